The molecule has 112 valence electrons. The lowest BCUT2D eigenvalue weighted by molar-refractivity contribution is 0.108. The normalized spacial score (nSPS) is 10.9. The molecular formula is C16H14ClN3OS. The minimum absolute atomic E-state index is 0.0291. The van der Waals surface area contributed by atoms with Crippen molar-refractivity contribution in [3.63, 3.8) is 0 Å². The van der Waals surface area contributed by atoms with Gasteiger partial charge < -0.3 is 4.90 Å². The van der Waals surface area contributed by atoms with Crippen LogP contribution in [-0.4, -0.2) is 28.8 Å². The highest BCUT2D eigenvalue weighted by atomic mass is 35.5. The summed E-state index contributed by atoms with van der Waals surface area (Å²) in [5.74, 6) is 0.776. The fourth-order valence-electron chi connectivity index (χ4n) is 2.09. The van der Waals surface area contributed by atoms with E-state index in [1.54, 1.807) is 28.8 Å². The quantitative estimate of drug-likeness (QED) is 0.680. The van der Waals surface area contributed by atoms with Gasteiger partial charge in [0.25, 0.3) is 0 Å². The van der Waals surface area contributed by atoms with Gasteiger partial charge in [-0.1, -0.05) is 17.7 Å². The van der Waals surface area contributed by atoms with Gasteiger partial charge in [0.2, 0.25) is 5.12 Å². The van der Waals surface area contributed by atoms with Gasteiger partial charge in [-0.2, -0.15) is 0 Å². The molecule has 4 nitrogen and oxygen atoms in total. The lowest BCUT2D eigenvalue weighted by Crippen LogP contribution is -2.10. The number of rotatable bonds is 3. The van der Waals surface area contributed by atoms with Crippen LogP contribution in [0.3, 0.4) is 0 Å². The summed E-state index contributed by atoms with van der Waals surface area (Å²) in [6.45, 7) is 0. The van der Waals surface area contributed by atoms with E-state index in [4.69, 9.17) is 11.6 Å². The van der Waals surface area contributed by atoms with Crippen LogP contribution in [-0.2, 0) is 0 Å². The number of carbonyl (C=O) groups excluding carboxylic acids is 1. The Balaban J connectivity index is 2.00. The Bertz CT molecular complexity index is 827. The van der Waals surface area contributed by atoms with Crippen LogP contribution in [0.2, 0.25) is 5.02 Å². The Morgan fingerprint density at radius 2 is 1.91 bits per heavy atom. The summed E-state index contributed by atoms with van der Waals surface area (Å²) in [4.78, 5) is 15.3. The molecule has 6 heteroatoms. The summed E-state index contributed by atoms with van der Waals surface area (Å²) in [7, 11) is 3.83. The number of fused-ring (bicyclic) bond motifs is 1. The van der Waals surface area contributed by atoms with Crippen LogP contribution >= 0.6 is 23.4 Å². The summed E-state index contributed by atoms with van der Waals surface area (Å²) in [6.07, 6.45) is 1.87. The Morgan fingerprint density at radius 1 is 1.18 bits per heavy atom. The van der Waals surface area contributed by atoms with Crippen molar-refractivity contribution in [3.05, 3.63) is 59.2 Å². The van der Waals surface area contributed by atoms with E-state index in [1.165, 1.54) is 11.8 Å². The van der Waals surface area contributed by atoms with Gasteiger partial charge in [0, 0.05) is 30.9 Å². The second-order valence-electron chi connectivity index (χ2n) is 4.97. The van der Waals surface area contributed by atoms with Crippen LogP contribution in [0.5, 0.6) is 0 Å². The molecule has 0 amide bonds. The average molecular weight is 332 g/mol. The highest BCUT2D eigenvalue weighted by Gasteiger charge is 2.19. The Labute approximate surface area is 137 Å². The molecule has 22 heavy (non-hydrogen) atoms. The summed E-state index contributed by atoms with van der Waals surface area (Å²) in [5, 5.41) is 5.11. The number of aromatic nitrogens is 2. The van der Waals surface area contributed by atoms with Crippen molar-refractivity contribution in [2.45, 2.75) is 4.90 Å². The molecule has 3 rings (SSSR count). The second kappa shape index (κ2) is 6.02. The molecule has 2 aromatic heterocycles. The van der Waals surface area contributed by atoms with Crippen LogP contribution in [0.25, 0.3) is 5.52 Å². The number of halogens is 1. The molecule has 0 atom stereocenters. The molecule has 0 bridgehead atoms. The number of benzene rings is 1. The molecule has 3 aromatic rings. The Hall–Kier alpha value is -1.98. The van der Waals surface area contributed by atoms with Gasteiger partial charge in [0.1, 0.15) is 0 Å². The van der Waals surface area contributed by atoms with Crippen molar-refractivity contribution in [1.82, 2.24) is 9.61 Å². The lowest BCUT2D eigenvalue weighted by Gasteiger charge is -2.10. The molecule has 0 fully saturated rings. The van der Waals surface area contributed by atoms with Gasteiger partial charge in [-0.25, -0.2) is 4.52 Å². The van der Waals surface area contributed by atoms with Crippen LogP contribution in [0, 0.1) is 0 Å². The number of pyridine rings is 1. The van der Waals surface area contributed by atoms with Crippen molar-refractivity contribution in [2.75, 3.05) is 19.0 Å². The zero-order valence-corrected chi connectivity index (χ0v) is 13.7. The summed E-state index contributed by atoms with van der Waals surface area (Å²) >= 11 is 7.05. The van der Waals surface area contributed by atoms with Gasteiger partial charge in [0.05, 0.1) is 10.4 Å². The topological polar surface area (TPSA) is 37.6 Å². The average Bonchev–Trinajstić information content (AvgIpc) is 2.87. The number of nitrogens with zero attached hydrogens (tertiary/aromatic N) is 3. The van der Waals surface area contributed by atoms with Crippen LogP contribution in [0.15, 0.2) is 53.6 Å². The standard InChI is InChI=1S/C16H14ClN3OS/c1-19(2)15-14(13-5-3-4-10-20(13)18-15)22-16(21)11-6-8-12(17)9-7-11/h3-10H,1-2H3. The molecule has 2 heterocycles. The Morgan fingerprint density at radius 3 is 2.59 bits per heavy atom. The van der Waals surface area contributed by atoms with Crippen LogP contribution in [0.1, 0.15) is 10.4 Å². The molecule has 0 aliphatic carbocycles. The molecule has 0 aliphatic rings. The van der Waals surface area contributed by atoms with E-state index in [9.17, 15) is 4.79 Å². The van der Waals surface area contributed by atoms with E-state index in [0.717, 1.165) is 16.2 Å². The number of hydrogen-bond acceptors (Lipinski definition) is 4. The van der Waals surface area contributed by atoms with E-state index in [-0.39, 0.29) is 5.12 Å². The first-order valence-electron chi connectivity index (χ1n) is 6.68. The minimum Gasteiger partial charge on any atom is -0.360 e. The largest absolute Gasteiger partial charge is 0.360 e. The number of hydrogen-bond donors (Lipinski definition) is 0. The molecular weight excluding hydrogens is 318 g/mol. The summed E-state index contributed by atoms with van der Waals surface area (Å²) in [6, 6.07) is 12.7. The van der Waals surface area contributed by atoms with E-state index >= 15 is 0 Å². The first-order chi connectivity index (χ1) is 10.6. The van der Waals surface area contributed by atoms with E-state index < -0.39 is 0 Å². The molecule has 1 aromatic carbocycles. The minimum atomic E-state index is -0.0291. The Kier molecular flexibility index (Phi) is 4.09. The summed E-state index contributed by atoms with van der Waals surface area (Å²) in [5.41, 5.74) is 1.54. The van der Waals surface area contributed by atoms with Crippen LogP contribution < -0.4 is 4.90 Å². The predicted molar refractivity (Wildman–Crippen MR) is 91.2 cm³/mol. The maximum absolute atomic E-state index is 12.5. The monoisotopic (exact) mass is 331 g/mol. The fraction of sp³-hybridized carbons (Fsp3) is 0.125. The molecule has 0 spiro atoms. The van der Waals surface area contributed by atoms with E-state index in [2.05, 4.69) is 5.10 Å². The molecule has 0 aliphatic heterocycles. The van der Waals surface area contributed by atoms with Crippen LogP contribution in [0.4, 0.5) is 5.82 Å². The van der Waals surface area contributed by atoms with Gasteiger partial charge in [-0.3, -0.25) is 4.79 Å². The first kappa shape index (κ1) is 14.9. The fourth-order valence-corrected chi connectivity index (χ4v) is 3.24. The maximum atomic E-state index is 12.5. The first-order valence-corrected chi connectivity index (χ1v) is 7.88. The zero-order valence-electron chi connectivity index (χ0n) is 12.2. The maximum Gasteiger partial charge on any atom is 0.224 e. The van der Waals surface area contributed by atoms with E-state index in [1.807, 2.05) is 43.4 Å². The SMILES string of the molecule is CN(C)c1nn2ccccc2c1SC(=O)c1ccc(Cl)cc1. The predicted octanol–water partition coefficient (Wildman–Crippen LogP) is 3.99. The number of anilines is 1. The van der Waals surface area contributed by atoms with Crippen molar-refractivity contribution in [1.29, 1.82) is 0 Å². The molecule has 0 N–H and O–H groups in total. The smallest absolute Gasteiger partial charge is 0.224 e. The zero-order chi connectivity index (χ0) is 15.7. The van der Waals surface area contributed by atoms with Crippen molar-refractivity contribution in [2.24, 2.45) is 0 Å². The summed E-state index contributed by atoms with van der Waals surface area (Å²) < 4.78 is 1.78. The third kappa shape index (κ3) is 2.82. The third-order valence-electron chi connectivity index (χ3n) is 3.18. The molecule has 0 radical (unpaired) electrons. The molecule has 0 saturated carbocycles. The van der Waals surface area contributed by atoms with Gasteiger partial charge in [-0.05, 0) is 48.2 Å². The highest BCUT2D eigenvalue weighted by molar-refractivity contribution is 8.14. The second-order valence-corrected chi connectivity index (χ2v) is 6.39. The van der Waals surface area contributed by atoms with E-state index in [0.29, 0.717) is 10.6 Å². The molecule has 0 unspecified atom stereocenters. The highest BCUT2D eigenvalue weighted by Crippen LogP contribution is 2.34. The number of thioether (sulfide) groups is 1. The van der Waals surface area contributed by atoms with Crippen molar-refractivity contribution >= 4 is 39.8 Å². The number of carbonyl (C=O) groups is 1. The van der Waals surface area contributed by atoms with Gasteiger partial charge >= 0.3 is 0 Å². The molecule has 0 saturated heterocycles. The van der Waals surface area contributed by atoms with Gasteiger partial charge in [-0.15, -0.1) is 5.10 Å². The lowest BCUT2D eigenvalue weighted by atomic mass is 10.2. The van der Waals surface area contributed by atoms with Crippen molar-refractivity contribution < 1.29 is 4.79 Å². The van der Waals surface area contributed by atoms with Crippen molar-refractivity contribution in [3.8, 4) is 0 Å². The third-order valence-corrected chi connectivity index (χ3v) is 4.44. The van der Waals surface area contributed by atoms with Gasteiger partial charge in [0.15, 0.2) is 5.82 Å².